The summed E-state index contributed by atoms with van der Waals surface area (Å²) < 4.78 is 0. The molecule has 3 aromatic rings. The summed E-state index contributed by atoms with van der Waals surface area (Å²) in [6.45, 7) is 24.2. The van der Waals surface area contributed by atoms with E-state index in [4.69, 9.17) is 0 Å². The fraction of sp³-hybridized carbons (Fsp3) is 0.412. The maximum absolute atomic E-state index is 2.84. The Bertz CT molecular complexity index is 2410. The van der Waals surface area contributed by atoms with E-state index in [0.29, 0.717) is 5.92 Å². The Labute approximate surface area is 325 Å². The van der Waals surface area contributed by atoms with Crippen LogP contribution in [0.4, 0.5) is 5.69 Å². The van der Waals surface area contributed by atoms with E-state index in [2.05, 4.69) is 176 Å². The van der Waals surface area contributed by atoms with Crippen LogP contribution in [0.1, 0.15) is 107 Å². The monoisotopic (exact) mass is 710 g/mol. The molecule has 2 unspecified atom stereocenters. The highest BCUT2D eigenvalue weighted by molar-refractivity contribution is 6.90. The summed E-state index contributed by atoms with van der Waals surface area (Å²) in [6, 6.07) is 21.5. The summed E-state index contributed by atoms with van der Waals surface area (Å²) in [5.74, 6) is 0.446. The molecule has 1 saturated heterocycles. The minimum Gasteiger partial charge on any atom is -0.339 e. The first-order chi connectivity index (χ1) is 25.6. The normalized spacial score (nSPS) is 23.9. The van der Waals surface area contributed by atoms with Gasteiger partial charge in [-0.15, -0.1) is 0 Å². The van der Waals surface area contributed by atoms with Gasteiger partial charge in [0.25, 0.3) is 0 Å². The van der Waals surface area contributed by atoms with Gasteiger partial charge in [0.2, 0.25) is 6.71 Å². The topological polar surface area (TPSA) is 6.48 Å². The van der Waals surface area contributed by atoms with E-state index >= 15 is 0 Å². The van der Waals surface area contributed by atoms with Crippen molar-refractivity contribution in [3.63, 3.8) is 0 Å². The largest absolute Gasteiger partial charge is 0.339 e. The second kappa shape index (κ2) is 12.4. The third-order valence-electron chi connectivity index (χ3n) is 13.4. The van der Waals surface area contributed by atoms with Crippen LogP contribution in [0, 0.1) is 16.7 Å². The third kappa shape index (κ3) is 5.58. The van der Waals surface area contributed by atoms with Crippen LogP contribution < -0.4 is 20.8 Å². The number of benzene rings is 3. The van der Waals surface area contributed by atoms with Gasteiger partial charge in [0.1, 0.15) is 0 Å². The van der Waals surface area contributed by atoms with Crippen molar-refractivity contribution in [2.24, 2.45) is 16.7 Å². The lowest BCUT2D eigenvalue weighted by molar-refractivity contribution is 0.304. The molecule has 9 rings (SSSR count). The van der Waals surface area contributed by atoms with Crippen molar-refractivity contribution in [1.29, 1.82) is 0 Å². The second-order valence-electron chi connectivity index (χ2n) is 20.1. The average Bonchev–Trinajstić information content (AvgIpc) is 3.13. The summed E-state index contributed by atoms with van der Waals surface area (Å²) in [7, 11) is 0. The van der Waals surface area contributed by atoms with Crippen LogP contribution >= 0.6 is 0 Å². The predicted molar refractivity (Wildman–Crippen MR) is 233 cm³/mol. The molecule has 0 bridgehead atoms. The molecule has 0 saturated carbocycles. The van der Waals surface area contributed by atoms with Gasteiger partial charge in [-0.1, -0.05) is 165 Å². The van der Waals surface area contributed by atoms with Gasteiger partial charge in [-0.3, -0.25) is 0 Å². The predicted octanol–water partition coefficient (Wildman–Crippen LogP) is 10.6. The molecule has 2 nitrogen and oxygen atoms in total. The molecule has 6 aliphatic rings. The lowest BCUT2D eigenvalue weighted by atomic mass is 9.29. The van der Waals surface area contributed by atoms with Crippen molar-refractivity contribution in [3.05, 3.63) is 140 Å². The van der Waals surface area contributed by atoms with Crippen molar-refractivity contribution in [2.45, 2.75) is 119 Å². The van der Waals surface area contributed by atoms with Crippen LogP contribution in [-0.4, -0.2) is 23.7 Å². The molecule has 3 heteroatoms. The number of rotatable bonds is 2. The summed E-state index contributed by atoms with van der Waals surface area (Å²) >= 11 is 0. The van der Waals surface area contributed by atoms with Gasteiger partial charge in [0, 0.05) is 28.7 Å². The van der Waals surface area contributed by atoms with E-state index in [1.165, 1.54) is 54.9 Å². The number of fused-ring (bicyclic) bond motifs is 7. The lowest BCUT2D eigenvalue weighted by Crippen LogP contribution is -2.59. The van der Waals surface area contributed by atoms with Gasteiger partial charge in [-0.25, -0.2) is 0 Å². The molecular formula is C51H59BN2. The highest BCUT2D eigenvalue weighted by atomic mass is 15.2. The third-order valence-corrected chi connectivity index (χ3v) is 13.4. The molecule has 0 amide bonds. The Morgan fingerprint density at radius 3 is 2.15 bits per heavy atom. The Balaban J connectivity index is 1.36. The Morgan fingerprint density at radius 1 is 0.722 bits per heavy atom. The number of hydrogen-bond acceptors (Lipinski definition) is 2. The number of hydrogen-bond donors (Lipinski definition) is 0. The van der Waals surface area contributed by atoms with Gasteiger partial charge < -0.3 is 9.80 Å². The first-order valence-electron chi connectivity index (χ1n) is 20.8. The Morgan fingerprint density at radius 2 is 1.44 bits per heavy atom. The van der Waals surface area contributed by atoms with Crippen molar-refractivity contribution >= 4 is 40.8 Å². The molecule has 4 aliphatic carbocycles. The molecule has 2 aliphatic heterocycles. The van der Waals surface area contributed by atoms with Crippen molar-refractivity contribution in [3.8, 4) is 0 Å². The van der Waals surface area contributed by atoms with Crippen molar-refractivity contribution < 1.29 is 0 Å². The molecule has 0 radical (unpaired) electrons. The Kier molecular flexibility index (Phi) is 8.14. The van der Waals surface area contributed by atoms with E-state index in [1.54, 1.807) is 22.2 Å². The highest BCUT2D eigenvalue weighted by Gasteiger charge is 2.52. The standard InChI is InChI=1S/C51H59BN2/c1-32-28-35(49(2,3)4)23-26-42(32)54-43-27-24-36(50(5,6)7)30-41(43)52-47-39-19-14-13-18-38(39)40(51(8,9)10)31-46(47)53(44-20-15-21-45(54)48(44)52)37-25-22-33-16-11-12-17-34(33)29-37/h11-14,16-19,21-24,26,29-32,37,43H,15,20,25,27-28H2,1-10H3/t32-,37?,43?/m1/s1. The zero-order valence-electron chi connectivity index (χ0n) is 34.5. The quantitative estimate of drug-likeness (QED) is 0.244. The van der Waals surface area contributed by atoms with Crippen LogP contribution in [-0.2, 0) is 5.41 Å². The van der Waals surface area contributed by atoms with Gasteiger partial charge in [0.05, 0.1) is 12.1 Å². The number of nitrogens with zero attached hydrogens (tertiary/aromatic N) is 2. The summed E-state index contributed by atoms with van der Waals surface area (Å²) in [6.07, 6.45) is 23.2. The van der Waals surface area contributed by atoms with E-state index in [-0.39, 0.29) is 35.0 Å². The highest BCUT2D eigenvalue weighted by Crippen LogP contribution is 2.53. The SMILES string of the molecule is C[C@@H]1CC(C(C)(C)C)=CC=C1N1C2=CCCC3=C2B(C2=CC(C(C)(C)C)=CCC21)c1c(cc(C(C)(C)C)c2ccccc12)N3C1C=c2ccccc2=CC1. The fourth-order valence-corrected chi connectivity index (χ4v) is 10.6. The molecule has 54 heavy (non-hydrogen) atoms. The molecule has 2 heterocycles. The van der Waals surface area contributed by atoms with Crippen LogP contribution in [0.5, 0.6) is 0 Å². The lowest BCUT2D eigenvalue weighted by Gasteiger charge is -2.55. The van der Waals surface area contributed by atoms with Crippen LogP contribution in [0.2, 0.25) is 0 Å². The summed E-state index contributed by atoms with van der Waals surface area (Å²) in [5.41, 5.74) is 15.3. The maximum Gasteiger partial charge on any atom is 0.247 e. The van der Waals surface area contributed by atoms with E-state index in [1.807, 2.05) is 0 Å². The van der Waals surface area contributed by atoms with Crippen LogP contribution in [0.3, 0.4) is 0 Å². The van der Waals surface area contributed by atoms with Crippen molar-refractivity contribution in [2.75, 3.05) is 4.90 Å². The smallest absolute Gasteiger partial charge is 0.247 e. The minimum absolute atomic E-state index is 0.00274. The molecule has 0 aromatic heterocycles. The van der Waals surface area contributed by atoms with Crippen molar-refractivity contribution in [1.82, 2.24) is 4.90 Å². The molecule has 276 valence electrons. The molecule has 1 fully saturated rings. The first kappa shape index (κ1) is 35.5. The zero-order chi connectivity index (χ0) is 37.9. The van der Waals surface area contributed by atoms with Crippen LogP contribution in [0.25, 0.3) is 22.9 Å². The summed E-state index contributed by atoms with van der Waals surface area (Å²) in [4.78, 5) is 5.68. The maximum atomic E-state index is 2.84. The number of anilines is 1. The summed E-state index contributed by atoms with van der Waals surface area (Å²) in [5, 5.41) is 5.55. The van der Waals surface area contributed by atoms with Gasteiger partial charge in [-0.2, -0.15) is 0 Å². The van der Waals surface area contributed by atoms with Gasteiger partial charge in [-0.05, 0) is 104 Å². The van der Waals surface area contributed by atoms with E-state index in [0.717, 1.165) is 32.1 Å². The van der Waals surface area contributed by atoms with Crippen LogP contribution in [0.15, 0.2) is 124 Å². The van der Waals surface area contributed by atoms with E-state index in [9.17, 15) is 0 Å². The molecule has 3 aromatic carbocycles. The number of allylic oxidation sites excluding steroid dienone is 9. The first-order valence-corrected chi connectivity index (χ1v) is 20.8. The van der Waals surface area contributed by atoms with Gasteiger partial charge >= 0.3 is 0 Å². The second-order valence-corrected chi connectivity index (χ2v) is 20.1. The fourth-order valence-electron chi connectivity index (χ4n) is 10.6. The Hall–Kier alpha value is -4.24. The van der Waals surface area contributed by atoms with Gasteiger partial charge in [0.15, 0.2) is 0 Å². The van der Waals surface area contributed by atoms with E-state index < -0.39 is 0 Å². The minimum atomic E-state index is 0.00274. The average molecular weight is 711 g/mol. The zero-order valence-corrected chi connectivity index (χ0v) is 34.5. The molecular weight excluding hydrogens is 651 g/mol. The molecule has 0 spiro atoms. The molecule has 3 atom stereocenters. The molecule has 0 N–H and O–H groups in total.